The van der Waals surface area contributed by atoms with Gasteiger partial charge in [0.1, 0.15) is 0 Å². The second-order valence-electron chi connectivity index (χ2n) is 6.36. The van der Waals surface area contributed by atoms with Crippen LogP contribution in [0.4, 0.5) is 0 Å². The summed E-state index contributed by atoms with van der Waals surface area (Å²) in [6, 6.07) is 23.6. The van der Waals surface area contributed by atoms with Gasteiger partial charge in [-0.1, -0.05) is 78.4 Å². The molecule has 0 saturated carbocycles. The molecule has 0 heterocycles. The highest BCUT2D eigenvalue weighted by atomic mass is 32.2. The Labute approximate surface area is 154 Å². The summed E-state index contributed by atoms with van der Waals surface area (Å²) >= 11 is 0. The normalized spacial score (nSPS) is 15.2. The Balaban J connectivity index is 2.23. The zero-order valence-corrected chi connectivity index (χ0v) is 15.4. The molecule has 0 unspecified atom stereocenters. The lowest BCUT2D eigenvalue weighted by atomic mass is 9.94. The van der Waals surface area contributed by atoms with Gasteiger partial charge in [-0.05, 0) is 30.2 Å². The summed E-state index contributed by atoms with van der Waals surface area (Å²) < 4.78 is 27.2. The van der Waals surface area contributed by atoms with E-state index in [-0.39, 0.29) is 4.90 Å². The first-order valence-electron chi connectivity index (χ1n) is 8.33. The van der Waals surface area contributed by atoms with Crippen molar-refractivity contribution in [2.45, 2.75) is 22.7 Å². The van der Waals surface area contributed by atoms with Crippen LogP contribution in [0.5, 0.6) is 0 Å². The van der Waals surface area contributed by atoms with Gasteiger partial charge in [0.15, 0.2) is 4.87 Å². The largest absolute Gasteiger partial charge is 0.321 e. The molecule has 0 aliphatic heterocycles. The smallest absolute Gasteiger partial charge is 0.203 e. The third-order valence-corrected chi connectivity index (χ3v) is 6.89. The van der Waals surface area contributed by atoms with Crippen molar-refractivity contribution in [3.05, 3.63) is 102 Å². The van der Waals surface area contributed by atoms with Crippen molar-refractivity contribution < 1.29 is 8.42 Å². The van der Waals surface area contributed by atoms with Crippen LogP contribution in [0.1, 0.15) is 22.7 Å². The van der Waals surface area contributed by atoms with Crippen molar-refractivity contribution >= 4 is 9.84 Å². The van der Waals surface area contributed by atoms with Crippen molar-refractivity contribution in [2.75, 3.05) is 0 Å². The van der Waals surface area contributed by atoms with Gasteiger partial charge in [-0.2, -0.15) is 0 Å². The van der Waals surface area contributed by atoms with Gasteiger partial charge >= 0.3 is 0 Å². The number of sulfone groups is 1. The molecular weight excluding hydrogens is 344 g/mol. The molecule has 0 aliphatic carbocycles. The van der Waals surface area contributed by atoms with E-state index in [0.29, 0.717) is 11.1 Å². The van der Waals surface area contributed by atoms with Gasteiger partial charge in [-0.3, -0.25) is 0 Å². The Morgan fingerprint density at radius 2 is 1.31 bits per heavy atom. The van der Waals surface area contributed by atoms with Gasteiger partial charge in [-0.15, -0.1) is 0 Å². The van der Waals surface area contributed by atoms with Crippen LogP contribution in [0.25, 0.3) is 0 Å². The van der Waals surface area contributed by atoms with E-state index < -0.39 is 20.8 Å². The van der Waals surface area contributed by atoms with Crippen LogP contribution >= 0.6 is 0 Å². The molecule has 5 heteroatoms. The Kier molecular flexibility index (Phi) is 4.96. The second-order valence-corrected chi connectivity index (χ2v) is 8.52. The van der Waals surface area contributed by atoms with Gasteiger partial charge in [-0.25, -0.2) is 8.42 Å². The summed E-state index contributed by atoms with van der Waals surface area (Å²) in [5.41, 5.74) is 15.2. The van der Waals surface area contributed by atoms with E-state index in [4.69, 9.17) is 11.5 Å². The summed E-state index contributed by atoms with van der Waals surface area (Å²) in [6.45, 7) is 1.90. The highest BCUT2D eigenvalue weighted by Gasteiger charge is 2.48. The first-order valence-corrected chi connectivity index (χ1v) is 9.82. The Hall–Kier alpha value is -2.47. The van der Waals surface area contributed by atoms with Crippen molar-refractivity contribution in [3.63, 3.8) is 0 Å². The van der Waals surface area contributed by atoms with Crippen LogP contribution in [0, 0.1) is 6.92 Å². The third kappa shape index (κ3) is 3.05. The van der Waals surface area contributed by atoms with Gasteiger partial charge < -0.3 is 11.5 Å². The predicted octanol–water partition coefficient (Wildman–Crippen LogP) is 3.28. The number of rotatable bonds is 5. The lowest BCUT2D eigenvalue weighted by molar-refractivity contribution is 0.461. The molecule has 0 radical (unpaired) electrons. The summed E-state index contributed by atoms with van der Waals surface area (Å²) in [5, 5.41) is 0. The Morgan fingerprint density at radius 3 is 1.85 bits per heavy atom. The van der Waals surface area contributed by atoms with Crippen LogP contribution in [-0.2, 0) is 14.7 Å². The van der Waals surface area contributed by atoms with Crippen molar-refractivity contribution in [1.29, 1.82) is 0 Å². The Morgan fingerprint density at radius 1 is 0.808 bits per heavy atom. The maximum absolute atomic E-state index is 13.6. The quantitative estimate of drug-likeness (QED) is 0.725. The lowest BCUT2D eigenvalue weighted by Crippen LogP contribution is -2.52. The van der Waals surface area contributed by atoms with Crippen LogP contribution in [0.15, 0.2) is 89.8 Å². The predicted molar refractivity (Wildman–Crippen MR) is 104 cm³/mol. The summed E-state index contributed by atoms with van der Waals surface area (Å²) in [4.78, 5) is -1.65. The topological polar surface area (TPSA) is 86.2 Å². The molecule has 2 atom stereocenters. The SMILES string of the molecule is Cc1ccc(S(=O)(=O)[C@@](N)(c2ccccc2)[C@H](N)c2ccccc2)cc1. The molecule has 0 spiro atoms. The molecule has 134 valence electrons. The van der Waals surface area contributed by atoms with Crippen LogP contribution < -0.4 is 11.5 Å². The average Bonchev–Trinajstić information content (AvgIpc) is 2.68. The zero-order chi connectivity index (χ0) is 18.8. The number of hydrogen-bond donors (Lipinski definition) is 2. The maximum atomic E-state index is 13.6. The molecule has 3 aromatic carbocycles. The Bertz CT molecular complexity index is 972. The summed E-state index contributed by atoms with van der Waals surface area (Å²) in [7, 11) is -3.97. The van der Waals surface area contributed by atoms with E-state index in [1.165, 1.54) is 0 Å². The fourth-order valence-electron chi connectivity index (χ4n) is 3.02. The fourth-order valence-corrected chi connectivity index (χ4v) is 4.82. The first kappa shape index (κ1) is 18.3. The number of benzene rings is 3. The number of aryl methyl sites for hydroxylation is 1. The highest BCUT2D eigenvalue weighted by molar-refractivity contribution is 7.92. The van der Waals surface area contributed by atoms with E-state index in [1.807, 2.05) is 31.2 Å². The summed E-state index contributed by atoms with van der Waals surface area (Å²) in [6.07, 6.45) is 0. The van der Waals surface area contributed by atoms with Gasteiger partial charge in [0.05, 0.1) is 10.9 Å². The van der Waals surface area contributed by atoms with Crippen molar-refractivity contribution in [1.82, 2.24) is 0 Å². The number of nitrogens with two attached hydrogens (primary N) is 2. The number of hydrogen-bond acceptors (Lipinski definition) is 4. The monoisotopic (exact) mass is 366 g/mol. The molecule has 3 aromatic rings. The third-order valence-electron chi connectivity index (χ3n) is 4.62. The van der Waals surface area contributed by atoms with Gasteiger partial charge in [0.25, 0.3) is 0 Å². The molecule has 0 amide bonds. The van der Waals surface area contributed by atoms with Gasteiger partial charge in [0, 0.05) is 0 Å². The maximum Gasteiger partial charge on any atom is 0.203 e. The molecular formula is C21H22N2O2S. The zero-order valence-electron chi connectivity index (χ0n) is 14.5. The first-order chi connectivity index (χ1) is 12.4. The van der Waals surface area contributed by atoms with Crippen LogP contribution in [-0.4, -0.2) is 8.42 Å². The van der Waals surface area contributed by atoms with Crippen molar-refractivity contribution in [2.24, 2.45) is 11.5 Å². The standard InChI is InChI=1S/C21H22N2O2S/c1-16-12-14-19(15-13-16)26(24,25)21(23,18-10-6-3-7-11-18)20(22)17-8-4-2-5-9-17/h2-15,20H,22-23H2,1H3/t20-,21+/m1/s1. The molecule has 3 rings (SSSR count). The molecule has 0 aliphatic rings. The highest BCUT2D eigenvalue weighted by Crippen LogP contribution is 2.39. The molecule has 0 saturated heterocycles. The van der Waals surface area contributed by atoms with Crippen LogP contribution in [0.3, 0.4) is 0 Å². The minimum Gasteiger partial charge on any atom is -0.321 e. The molecule has 4 N–H and O–H groups in total. The van der Waals surface area contributed by atoms with Gasteiger partial charge in [0.2, 0.25) is 9.84 Å². The van der Waals surface area contributed by atoms with Crippen LogP contribution in [0.2, 0.25) is 0 Å². The summed E-state index contributed by atoms with van der Waals surface area (Å²) in [5.74, 6) is 0. The molecule has 0 fully saturated rings. The second kappa shape index (κ2) is 7.03. The average molecular weight is 366 g/mol. The molecule has 0 aromatic heterocycles. The van der Waals surface area contributed by atoms with Crippen molar-refractivity contribution in [3.8, 4) is 0 Å². The minimum atomic E-state index is -3.97. The fraction of sp³-hybridized carbons (Fsp3) is 0.143. The minimum absolute atomic E-state index is 0.154. The molecule has 0 bridgehead atoms. The van der Waals surface area contributed by atoms with E-state index in [2.05, 4.69) is 0 Å². The van der Waals surface area contributed by atoms with E-state index >= 15 is 0 Å². The van der Waals surface area contributed by atoms with E-state index in [1.54, 1.807) is 60.7 Å². The molecule has 4 nitrogen and oxygen atoms in total. The van der Waals surface area contributed by atoms with E-state index in [9.17, 15) is 8.42 Å². The van der Waals surface area contributed by atoms with E-state index in [0.717, 1.165) is 5.56 Å². The molecule has 26 heavy (non-hydrogen) atoms. The lowest BCUT2D eigenvalue weighted by Gasteiger charge is -2.35.